The lowest BCUT2D eigenvalue weighted by Crippen LogP contribution is -2.50. The van der Waals surface area contributed by atoms with Crippen molar-refractivity contribution in [3.05, 3.63) is 48.1 Å². The number of oxazole rings is 1. The molecule has 7 rings (SSSR count). The molecule has 2 N–H and O–H groups in total. The summed E-state index contributed by atoms with van der Waals surface area (Å²) in [7, 11) is 2.23. The van der Waals surface area contributed by atoms with Crippen LogP contribution in [0.2, 0.25) is 0 Å². The van der Waals surface area contributed by atoms with Crippen LogP contribution in [0, 0.1) is 5.92 Å². The van der Waals surface area contributed by atoms with Crippen molar-refractivity contribution < 1.29 is 4.42 Å². The number of likely N-dealkylation sites (N-methyl/N-ethyl adjacent to an activating group) is 1. The number of hydrogen-bond acceptors (Lipinski definition) is 8. The van der Waals surface area contributed by atoms with E-state index in [1.54, 1.807) is 0 Å². The van der Waals surface area contributed by atoms with Crippen LogP contribution in [0.15, 0.2) is 51.9 Å². The van der Waals surface area contributed by atoms with Crippen LogP contribution in [0.3, 0.4) is 0 Å². The van der Waals surface area contributed by atoms with Gasteiger partial charge in [-0.3, -0.25) is 9.89 Å². The predicted octanol–water partition coefficient (Wildman–Crippen LogP) is 5.16. The second-order valence-electron chi connectivity index (χ2n) is 11.9. The van der Waals surface area contributed by atoms with Gasteiger partial charge in [-0.05, 0) is 57.7 Å². The Morgan fingerprint density at radius 2 is 1.77 bits per heavy atom. The van der Waals surface area contributed by atoms with E-state index in [2.05, 4.69) is 82.4 Å². The summed E-state index contributed by atoms with van der Waals surface area (Å²) >= 11 is 0. The minimum Gasteiger partial charge on any atom is -0.424 e. The highest BCUT2D eigenvalue weighted by molar-refractivity contribution is 6.09. The van der Waals surface area contributed by atoms with E-state index < -0.39 is 0 Å². The van der Waals surface area contributed by atoms with Gasteiger partial charge >= 0.3 is 0 Å². The van der Waals surface area contributed by atoms with E-state index in [0.29, 0.717) is 30.7 Å². The molecule has 2 aliphatic heterocycles. The van der Waals surface area contributed by atoms with E-state index >= 15 is 0 Å². The average molecular weight is 541 g/mol. The molecule has 2 unspecified atom stereocenters. The molecule has 0 spiro atoms. The zero-order valence-corrected chi connectivity index (χ0v) is 23.8. The molecule has 210 valence electrons. The molecule has 2 atom stereocenters. The second kappa shape index (κ2) is 10.5. The van der Waals surface area contributed by atoms with Crippen molar-refractivity contribution in [2.45, 2.75) is 57.7 Å². The summed E-state index contributed by atoms with van der Waals surface area (Å²) in [6.45, 7) is 9.63. The van der Waals surface area contributed by atoms with Crippen LogP contribution in [0.1, 0.15) is 51.1 Å². The van der Waals surface area contributed by atoms with E-state index in [1.165, 1.54) is 39.0 Å². The molecule has 3 aromatic rings. The number of nitrogens with zero attached hydrogens (tertiary/aromatic N) is 6. The third-order valence-corrected chi connectivity index (χ3v) is 9.26. The van der Waals surface area contributed by atoms with Crippen molar-refractivity contribution in [1.82, 2.24) is 24.6 Å². The fourth-order valence-electron chi connectivity index (χ4n) is 6.75. The molecule has 9 nitrogen and oxygen atoms in total. The molecule has 2 aromatic heterocycles. The maximum Gasteiger partial charge on any atom is 0.296 e. The van der Waals surface area contributed by atoms with Gasteiger partial charge in [0.15, 0.2) is 5.58 Å². The third-order valence-electron chi connectivity index (χ3n) is 9.26. The number of aromatic nitrogens is 3. The SMILES string of the molecule is CC1=NCNc2c1c(-c1ccc3nc(NC4C=CC=CC4C)oc3c1)nn2C1CCC(N2CCN(C)CC2)CC1. The average Bonchev–Trinajstić information content (AvgIpc) is 3.56. The van der Waals surface area contributed by atoms with Crippen LogP contribution in [-0.2, 0) is 0 Å². The summed E-state index contributed by atoms with van der Waals surface area (Å²) < 4.78 is 8.45. The lowest BCUT2D eigenvalue weighted by molar-refractivity contribution is 0.0813. The van der Waals surface area contributed by atoms with Crippen LogP contribution < -0.4 is 10.6 Å². The van der Waals surface area contributed by atoms with Gasteiger partial charge in [0.25, 0.3) is 6.01 Å². The molecule has 2 fully saturated rings. The summed E-state index contributed by atoms with van der Waals surface area (Å²) in [6.07, 6.45) is 13.3. The Balaban J connectivity index is 1.14. The first kappa shape index (κ1) is 25.5. The zero-order valence-electron chi connectivity index (χ0n) is 23.8. The number of benzene rings is 1. The highest BCUT2D eigenvalue weighted by Gasteiger charge is 2.32. The summed E-state index contributed by atoms with van der Waals surface area (Å²) in [5.41, 5.74) is 5.74. The van der Waals surface area contributed by atoms with Crippen LogP contribution >= 0.6 is 0 Å². The molecule has 1 aromatic carbocycles. The number of anilines is 2. The number of aliphatic imine (C=N–C) groups is 1. The van der Waals surface area contributed by atoms with Crippen molar-refractivity contribution in [3.63, 3.8) is 0 Å². The maximum absolute atomic E-state index is 6.18. The Bertz CT molecular complexity index is 1470. The summed E-state index contributed by atoms with van der Waals surface area (Å²) in [5.74, 6) is 1.48. The quantitative estimate of drug-likeness (QED) is 0.462. The number of hydrogen-bond donors (Lipinski definition) is 2. The number of nitrogens with one attached hydrogen (secondary N) is 2. The molecule has 1 saturated heterocycles. The van der Waals surface area contributed by atoms with Gasteiger partial charge in [-0.15, -0.1) is 0 Å². The van der Waals surface area contributed by atoms with Gasteiger partial charge in [-0.25, -0.2) is 4.68 Å². The minimum absolute atomic E-state index is 0.163. The highest BCUT2D eigenvalue weighted by Crippen LogP contribution is 2.39. The molecule has 0 bridgehead atoms. The Morgan fingerprint density at radius 3 is 2.58 bits per heavy atom. The first-order chi connectivity index (χ1) is 19.5. The molecular formula is C31H40N8O. The summed E-state index contributed by atoms with van der Waals surface area (Å²) in [4.78, 5) is 14.6. The van der Waals surface area contributed by atoms with Crippen LogP contribution in [-0.4, -0.2) is 82.3 Å². The molecule has 2 aliphatic carbocycles. The second-order valence-corrected chi connectivity index (χ2v) is 11.9. The molecular weight excluding hydrogens is 500 g/mol. The van der Waals surface area contributed by atoms with Crippen molar-refractivity contribution in [2.24, 2.45) is 10.9 Å². The number of fused-ring (bicyclic) bond motifs is 2. The van der Waals surface area contributed by atoms with Gasteiger partial charge in [0.05, 0.1) is 17.6 Å². The molecule has 40 heavy (non-hydrogen) atoms. The Labute approximate surface area is 236 Å². The molecule has 9 heteroatoms. The standard InChI is InChI=1S/C31H40N8O/c1-20-6-4-5-7-25(20)34-31-35-26-13-8-22(18-27(26)40-31)29-28-21(2)32-19-33-30(28)39(36-29)24-11-9-23(10-12-24)38-16-14-37(3)15-17-38/h4-8,13,18,20,23-25,33H,9-12,14-17,19H2,1-3H3,(H,34,35). The van der Waals surface area contributed by atoms with Crippen LogP contribution in [0.25, 0.3) is 22.4 Å². The number of rotatable bonds is 5. The van der Waals surface area contributed by atoms with Crippen LogP contribution in [0.5, 0.6) is 0 Å². The van der Waals surface area contributed by atoms with Gasteiger partial charge in [-0.2, -0.15) is 10.1 Å². The number of allylic oxidation sites excluding steroid dienone is 2. The monoisotopic (exact) mass is 540 g/mol. The summed E-state index contributed by atoms with van der Waals surface area (Å²) in [6, 6.07) is 8.03. The van der Waals surface area contributed by atoms with E-state index in [4.69, 9.17) is 19.5 Å². The first-order valence-corrected chi connectivity index (χ1v) is 14.9. The third kappa shape index (κ3) is 4.75. The molecule has 0 amide bonds. The number of piperazine rings is 1. The Kier molecular flexibility index (Phi) is 6.71. The first-order valence-electron chi connectivity index (χ1n) is 14.9. The maximum atomic E-state index is 6.18. The van der Waals surface area contributed by atoms with Gasteiger partial charge in [0, 0.05) is 43.5 Å². The highest BCUT2D eigenvalue weighted by atomic mass is 16.4. The van der Waals surface area contributed by atoms with Crippen molar-refractivity contribution in [3.8, 4) is 11.3 Å². The van der Waals surface area contributed by atoms with Gasteiger partial charge in [0.2, 0.25) is 0 Å². The normalized spacial score (nSPS) is 27.4. The fraction of sp³-hybridized carbons (Fsp3) is 0.516. The minimum atomic E-state index is 0.163. The van der Waals surface area contributed by atoms with Crippen LogP contribution in [0.4, 0.5) is 11.8 Å². The zero-order chi connectivity index (χ0) is 27.2. The largest absolute Gasteiger partial charge is 0.424 e. The molecule has 4 heterocycles. The van der Waals surface area contributed by atoms with E-state index in [0.717, 1.165) is 52.3 Å². The Hall–Kier alpha value is -3.43. The van der Waals surface area contributed by atoms with E-state index in [1.807, 2.05) is 6.07 Å². The molecule has 1 saturated carbocycles. The predicted molar refractivity (Wildman–Crippen MR) is 161 cm³/mol. The van der Waals surface area contributed by atoms with Crippen molar-refractivity contribution >= 4 is 28.6 Å². The van der Waals surface area contributed by atoms with E-state index in [-0.39, 0.29) is 6.04 Å². The van der Waals surface area contributed by atoms with Gasteiger partial charge in [-0.1, -0.05) is 37.3 Å². The lowest BCUT2D eigenvalue weighted by atomic mass is 9.89. The van der Waals surface area contributed by atoms with Gasteiger partial charge in [0.1, 0.15) is 23.7 Å². The van der Waals surface area contributed by atoms with Crippen molar-refractivity contribution in [1.29, 1.82) is 0 Å². The summed E-state index contributed by atoms with van der Waals surface area (Å²) in [5, 5.41) is 12.3. The van der Waals surface area contributed by atoms with Gasteiger partial charge < -0.3 is 20.0 Å². The van der Waals surface area contributed by atoms with Crippen molar-refractivity contribution in [2.75, 3.05) is 50.5 Å². The molecule has 4 aliphatic rings. The topological polar surface area (TPSA) is 86.8 Å². The molecule has 0 radical (unpaired) electrons. The smallest absolute Gasteiger partial charge is 0.296 e. The van der Waals surface area contributed by atoms with E-state index in [9.17, 15) is 0 Å². The fourth-order valence-corrected chi connectivity index (χ4v) is 6.75. The Morgan fingerprint density at radius 1 is 1.00 bits per heavy atom. The lowest BCUT2D eigenvalue weighted by Gasteiger charge is -2.41.